The first kappa shape index (κ1) is 13.6. The van der Waals surface area contributed by atoms with Crippen LogP contribution in [0, 0.1) is 12.8 Å². The third-order valence-corrected chi connectivity index (χ3v) is 5.25. The van der Waals surface area contributed by atoms with E-state index >= 15 is 0 Å². The van der Waals surface area contributed by atoms with E-state index < -0.39 is 0 Å². The average molecular weight is 272 g/mol. The van der Waals surface area contributed by atoms with Crippen LogP contribution in [0.15, 0.2) is 24.3 Å². The molecule has 0 saturated carbocycles. The second-order valence-electron chi connectivity index (χ2n) is 6.27. The third-order valence-electron chi connectivity index (χ3n) is 5.25. The van der Waals surface area contributed by atoms with Crippen molar-refractivity contribution in [3.05, 3.63) is 35.4 Å². The van der Waals surface area contributed by atoms with Crippen molar-refractivity contribution in [3.63, 3.8) is 0 Å². The van der Waals surface area contributed by atoms with Crippen molar-refractivity contribution in [1.29, 1.82) is 0 Å². The average Bonchev–Trinajstić information content (AvgIpc) is 2.70. The monoisotopic (exact) mass is 272 g/mol. The molecule has 4 atom stereocenters. The van der Waals surface area contributed by atoms with E-state index in [0.717, 1.165) is 12.8 Å². The minimum atomic E-state index is -0.0484. The van der Waals surface area contributed by atoms with Crippen LogP contribution in [-0.4, -0.2) is 37.1 Å². The smallest absolute Gasteiger partial charge is 0.310 e. The summed E-state index contributed by atoms with van der Waals surface area (Å²) < 4.78 is 5.10. The van der Waals surface area contributed by atoms with Crippen molar-refractivity contribution in [1.82, 2.24) is 4.90 Å². The number of carbonyl (C=O) groups excluding carboxylic acids is 1. The van der Waals surface area contributed by atoms with Crippen LogP contribution < -0.4 is 0 Å². The Morgan fingerprint density at radius 1 is 1.25 bits per heavy atom. The Bertz CT molecular complexity index is 496. The summed E-state index contributed by atoms with van der Waals surface area (Å²) in [4.78, 5) is 14.7. The Hall–Kier alpha value is -1.35. The van der Waals surface area contributed by atoms with Gasteiger partial charge in [0.15, 0.2) is 0 Å². The van der Waals surface area contributed by atoms with Crippen LogP contribution >= 0.6 is 0 Å². The number of aryl methyl sites for hydroxylation is 1. The minimum absolute atomic E-state index is 0.0218. The standard InChI is InChI=1S/C17H23NO2/c1-11-4-6-12(7-5-11)14-10-13-8-9-15(18(13)2)16(14)17(19)20-3/h4-7,13-16H,8-10H2,1-3H3/t13?,14-,15?,16+/m1/s1/i3-1. The number of hydrogen-bond donors (Lipinski definition) is 0. The van der Waals surface area contributed by atoms with Crippen molar-refractivity contribution < 1.29 is 9.53 Å². The predicted molar refractivity (Wildman–Crippen MR) is 78.6 cm³/mol. The summed E-state index contributed by atoms with van der Waals surface area (Å²) in [5.74, 6) is 0.232. The van der Waals surface area contributed by atoms with E-state index in [0.29, 0.717) is 18.0 Å². The normalized spacial score (nSPS) is 33.1. The molecule has 2 unspecified atom stereocenters. The van der Waals surface area contributed by atoms with Gasteiger partial charge in [0.25, 0.3) is 0 Å². The highest BCUT2D eigenvalue weighted by Crippen LogP contribution is 2.46. The Balaban J connectivity index is 1.95. The second kappa shape index (κ2) is 5.21. The molecule has 1 aromatic carbocycles. The molecule has 1 aromatic rings. The third kappa shape index (κ3) is 2.14. The summed E-state index contributed by atoms with van der Waals surface area (Å²) in [6, 6.07) is 9.61. The fourth-order valence-corrected chi connectivity index (χ4v) is 4.08. The van der Waals surface area contributed by atoms with Gasteiger partial charge >= 0.3 is 5.97 Å². The molecule has 2 heterocycles. The molecule has 3 nitrogen and oxygen atoms in total. The number of carbonyl (C=O) groups is 1. The van der Waals surface area contributed by atoms with E-state index in [1.807, 2.05) is 0 Å². The largest absolute Gasteiger partial charge is 0.469 e. The summed E-state index contributed by atoms with van der Waals surface area (Å²) in [5, 5.41) is 0. The highest BCUT2D eigenvalue weighted by atomic mass is 16.5. The van der Waals surface area contributed by atoms with E-state index in [9.17, 15) is 4.79 Å². The number of ether oxygens (including phenoxy) is 1. The summed E-state index contributed by atoms with van der Waals surface area (Å²) in [7, 11) is 3.67. The van der Waals surface area contributed by atoms with Crippen molar-refractivity contribution >= 4 is 5.97 Å². The van der Waals surface area contributed by atoms with Gasteiger partial charge in [-0.25, -0.2) is 0 Å². The molecule has 108 valence electrons. The first-order chi connectivity index (χ1) is 9.61. The highest BCUT2D eigenvalue weighted by molar-refractivity contribution is 5.75. The van der Waals surface area contributed by atoms with Gasteiger partial charge < -0.3 is 4.74 Å². The molecule has 2 bridgehead atoms. The lowest BCUT2D eigenvalue weighted by molar-refractivity contribution is -0.150. The van der Waals surface area contributed by atoms with E-state index in [4.69, 9.17) is 4.74 Å². The number of hydrogen-bond acceptors (Lipinski definition) is 3. The van der Waals surface area contributed by atoms with Crippen LogP contribution in [0.1, 0.15) is 36.3 Å². The van der Waals surface area contributed by atoms with Gasteiger partial charge in [0.05, 0.1) is 13.0 Å². The SMILES string of the molecule is Cc1ccc([C@H]2CC3CCC([C@H]2C(=O)O[11CH3])N3C)cc1. The fraction of sp³-hybridized carbons (Fsp3) is 0.588. The number of rotatable bonds is 2. The molecule has 0 radical (unpaired) electrons. The Labute approximate surface area is 120 Å². The molecule has 2 fully saturated rings. The van der Waals surface area contributed by atoms with Gasteiger partial charge in [-0.2, -0.15) is 0 Å². The molecule has 0 aliphatic carbocycles. The number of benzene rings is 1. The zero-order valence-corrected chi connectivity index (χ0v) is 12.5. The van der Waals surface area contributed by atoms with Crippen LogP contribution in [0.5, 0.6) is 0 Å². The van der Waals surface area contributed by atoms with Gasteiger partial charge in [0.2, 0.25) is 0 Å². The summed E-state index contributed by atoms with van der Waals surface area (Å²) >= 11 is 0. The first-order valence-corrected chi connectivity index (χ1v) is 7.48. The molecular formula is C17H23NO2. The maximum atomic E-state index is 12.3. The van der Waals surface area contributed by atoms with Crippen molar-refractivity contribution in [2.45, 2.75) is 44.2 Å². The molecule has 20 heavy (non-hydrogen) atoms. The quantitative estimate of drug-likeness (QED) is 0.775. The lowest BCUT2D eigenvalue weighted by Gasteiger charge is -2.41. The fourth-order valence-electron chi connectivity index (χ4n) is 4.08. The molecule has 2 saturated heterocycles. The number of methoxy groups -OCH3 is 1. The molecule has 0 spiro atoms. The zero-order chi connectivity index (χ0) is 14.3. The highest BCUT2D eigenvalue weighted by Gasteiger charge is 2.49. The second-order valence-corrected chi connectivity index (χ2v) is 6.27. The molecule has 3 rings (SSSR count). The Kier molecular flexibility index (Phi) is 3.55. The Morgan fingerprint density at radius 2 is 1.95 bits per heavy atom. The van der Waals surface area contributed by atoms with Gasteiger partial charge in [-0.05, 0) is 38.8 Å². The van der Waals surface area contributed by atoms with Crippen LogP contribution in [-0.2, 0) is 9.53 Å². The maximum absolute atomic E-state index is 12.3. The van der Waals surface area contributed by atoms with Crippen LogP contribution in [0.2, 0.25) is 0 Å². The van der Waals surface area contributed by atoms with Gasteiger partial charge in [-0.1, -0.05) is 29.8 Å². The van der Waals surface area contributed by atoms with E-state index in [-0.39, 0.29) is 11.9 Å². The number of piperidine rings is 1. The first-order valence-electron chi connectivity index (χ1n) is 7.48. The van der Waals surface area contributed by atoms with Crippen LogP contribution in [0.25, 0.3) is 0 Å². The minimum Gasteiger partial charge on any atom is -0.469 e. The summed E-state index contributed by atoms with van der Waals surface area (Å²) in [6.07, 6.45) is 3.39. The molecule has 2 aliphatic rings. The molecule has 0 N–H and O–H groups in total. The zero-order valence-electron chi connectivity index (χ0n) is 12.5. The van der Waals surface area contributed by atoms with Gasteiger partial charge in [-0.3, -0.25) is 9.69 Å². The summed E-state index contributed by atoms with van der Waals surface area (Å²) in [5.41, 5.74) is 2.55. The predicted octanol–water partition coefficient (Wildman–Crippen LogP) is 2.73. The van der Waals surface area contributed by atoms with Gasteiger partial charge in [-0.15, -0.1) is 0 Å². The van der Waals surface area contributed by atoms with E-state index in [1.165, 1.54) is 24.7 Å². The van der Waals surface area contributed by atoms with Crippen LogP contribution in [0.4, 0.5) is 0 Å². The van der Waals surface area contributed by atoms with E-state index in [1.54, 1.807) is 0 Å². The molecule has 0 amide bonds. The van der Waals surface area contributed by atoms with Crippen molar-refractivity contribution in [2.75, 3.05) is 14.2 Å². The van der Waals surface area contributed by atoms with Gasteiger partial charge in [0.1, 0.15) is 0 Å². The lowest BCUT2D eigenvalue weighted by Crippen LogP contribution is -2.49. The number of nitrogens with zero attached hydrogens (tertiary/aromatic N) is 1. The number of fused-ring (bicyclic) bond motifs is 2. The summed E-state index contributed by atoms with van der Waals surface area (Å²) in [6.45, 7) is 2.10. The van der Waals surface area contributed by atoms with Crippen molar-refractivity contribution in [3.8, 4) is 0 Å². The topological polar surface area (TPSA) is 29.5 Å². The molecule has 2 aliphatic heterocycles. The Morgan fingerprint density at radius 3 is 2.60 bits per heavy atom. The number of esters is 1. The maximum Gasteiger partial charge on any atom is 0.310 e. The van der Waals surface area contributed by atoms with Crippen LogP contribution in [0.3, 0.4) is 0 Å². The molecule has 3 heteroatoms. The van der Waals surface area contributed by atoms with Gasteiger partial charge in [0, 0.05) is 18.0 Å². The van der Waals surface area contributed by atoms with E-state index in [2.05, 4.69) is 43.1 Å². The molecular weight excluding hydrogens is 249 g/mol. The lowest BCUT2D eigenvalue weighted by atomic mass is 9.76. The molecule has 0 aromatic heterocycles. The van der Waals surface area contributed by atoms with Crippen molar-refractivity contribution in [2.24, 2.45) is 5.92 Å².